The zero-order valence-electron chi connectivity index (χ0n) is 35.0. The van der Waals surface area contributed by atoms with Gasteiger partial charge in [-0.3, -0.25) is 0 Å². The van der Waals surface area contributed by atoms with E-state index in [0.717, 1.165) is 72.1 Å². The summed E-state index contributed by atoms with van der Waals surface area (Å²) in [6.45, 7) is 8.12. The number of aryl methyl sites for hydroxylation is 4. The van der Waals surface area contributed by atoms with E-state index in [4.69, 9.17) is 0 Å². The maximum absolute atomic E-state index is 15.1. The molecule has 0 N–H and O–H groups in total. The Morgan fingerprint density at radius 2 is 0.844 bits per heavy atom. The molecule has 9 heteroatoms. The van der Waals surface area contributed by atoms with E-state index >= 15 is 26.3 Å². The summed E-state index contributed by atoms with van der Waals surface area (Å²) in [6, 6.07) is 46.2. The highest BCUT2D eigenvalue weighted by atomic mass is 19.4. The molecule has 0 bridgehead atoms. The first-order chi connectivity index (χ1) is 30.6. The van der Waals surface area contributed by atoms with Gasteiger partial charge in [-0.25, -0.2) is 0 Å². The Hall–Kier alpha value is -7.57. The molecule has 0 aliphatic carbocycles. The molecular weight excluding hydrogens is 817 g/mol. The minimum Gasteiger partial charge on any atom is -0.308 e. The molecule has 0 atom stereocenters. The Bertz CT molecular complexity index is 3370. The van der Waals surface area contributed by atoms with E-state index in [1.807, 2.05) is 125 Å². The predicted molar refractivity (Wildman–Crippen MR) is 245 cm³/mol. The standard InChI is InChI=1S/C55H37F6N3/c1-31-16-20-38(33(3)24-31)35-18-22-49-42(26-35)40-10-5-7-14-47(40)63(49)51-28-37(53-45(54(56,57)58)12-9-13-46(53)55(59,60)61)29-52(44(51)30-62)64-48-15-8-6-11-41(48)43-27-36(19-23-50(43)64)39-21-17-32(2)25-34(39)4/h5-29H,1-4H3. The van der Waals surface area contributed by atoms with Crippen LogP contribution >= 0.6 is 0 Å². The lowest BCUT2D eigenvalue weighted by molar-refractivity contribution is -0.142. The second-order valence-corrected chi connectivity index (χ2v) is 16.5. The number of nitrogens with zero attached hydrogens (tertiary/aromatic N) is 3. The summed E-state index contributed by atoms with van der Waals surface area (Å²) in [5.74, 6) is 0. The lowest BCUT2D eigenvalue weighted by atomic mass is 9.91. The first-order valence-corrected chi connectivity index (χ1v) is 20.7. The van der Waals surface area contributed by atoms with E-state index in [-0.39, 0.29) is 22.5 Å². The molecule has 10 aromatic rings. The van der Waals surface area contributed by atoms with Gasteiger partial charge in [0.15, 0.2) is 0 Å². The van der Waals surface area contributed by atoms with Crippen LogP contribution in [0.4, 0.5) is 26.3 Å². The van der Waals surface area contributed by atoms with Crippen molar-refractivity contribution in [3.63, 3.8) is 0 Å². The number of rotatable bonds is 5. The highest BCUT2D eigenvalue weighted by Crippen LogP contribution is 2.48. The first kappa shape index (κ1) is 40.5. The van der Waals surface area contributed by atoms with Crippen molar-refractivity contribution >= 4 is 43.6 Å². The predicted octanol–water partition coefficient (Wildman–Crippen LogP) is 16.0. The zero-order chi connectivity index (χ0) is 44.8. The molecule has 0 amide bonds. The lowest BCUT2D eigenvalue weighted by Gasteiger charge is -2.22. The van der Waals surface area contributed by atoms with Crippen molar-refractivity contribution in [2.24, 2.45) is 0 Å². The summed E-state index contributed by atoms with van der Waals surface area (Å²) < 4.78 is 93.9. The van der Waals surface area contributed by atoms with Crippen LogP contribution in [0.5, 0.6) is 0 Å². The minimum atomic E-state index is -5.15. The highest BCUT2D eigenvalue weighted by molar-refractivity contribution is 6.12. The summed E-state index contributed by atoms with van der Waals surface area (Å²) in [5.41, 5.74) is 6.82. The summed E-state index contributed by atoms with van der Waals surface area (Å²) in [5, 5.41) is 14.6. The number of nitriles is 1. The molecule has 0 fully saturated rings. The molecule has 0 radical (unpaired) electrons. The second-order valence-electron chi connectivity index (χ2n) is 16.5. The van der Waals surface area contributed by atoms with E-state index in [1.165, 1.54) is 12.1 Å². The lowest BCUT2D eigenvalue weighted by Crippen LogP contribution is -2.15. The van der Waals surface area contributed by atoms with Crippen molar-refractivity contribution in [3.8, 4) is 50.8 Å². The number of benzene rings is 8. The molecule has 0 unspecified atom stereocenters. The molecule has 0 spiro atoms. The number of aromatic nitrogens is 2. The van der Waals surface area contributed by atoms with Gasteiger partial charge in [-0.05, 0) is 127 Å². The fourth-order valence-corrected chi connectivity index (χ4v) is 9.63. The average Bonchev–Trinajstić information content (AvgIpc) is 3.77. The number of alkyl halides is 6. The molecule has 3 nitrogen and oxygen atoms in total. The van der Waals surface area contributed by atoms with E-state index in [0.29, 0.717) is 34.2 Å². The van der Waals surface area contributed by atoms with Gasteiger partial charge >= 0.3 is 12.4 Å². The van der Waals surface area contributed by atoms with Gasteiger partial charge in [-0.15, -0.1) is 0 Å². The number of para-hydroxylation sites is 2. The summed E-state index contributed by atoms with van der Waals surface area (Å²) in [4.78, 5) is 0. The van der Waals surface area contributed by atoms with Crippen molar-refractivity contribution in [2.75, 3.05) is 0 Å². The van der Waals surface area contributed by atoms with E-state index in [2.05, 4.69) is 30.3 Å². The molecule has 0 aliphatic heterocycles. The summed E-state index contributed by atoms with van der Waals surface area (Å²) in [6.07, 6.45) is -10.3. The molecule has 64 heavy (non-hydrogen) atoms. The third kappa shape index (κ3) is 6.52. The van der Waals surface area contributed by atoms with Crippen molar-refractivity contribution in [1.29, 1.82) is 5.26 Å². The molecular formula is C55H37F6N3. The van der Waals surface area contributed by atoms with Gasteiger partial charge in [0.05, 0.1) is 44.6 Å². The minimum absolute atomic E-state index is 0.0593. The van der Waals surface area contributed by atoms with Gasteiger partial charge in [0.2, 0.25) is 0 Å². The van der Waals surface area contributed by atoms with Crippen LogP contribution in [0, 0.1) is 39.0 Å². The summed E-state index contributed by atoms with van der Waals surface area (Å²) >= 11 is 0. The molecule has 0 aliphatic rings. The topological polar surface area (TPSA) is 33.6 Å². The van der Waals surface area contributed by atoms with Crippen LogP contribution < -0.4 is 0 Å². The molecule has 8 aromatic carbocycles. The smallest absolute Gasteiger partial charge is 0.308 e. The van der Waals surface area contributed by atoms with Crippen LogP contribution in [0.25, 0.3) is 88.4 Å². The van der Waals surface area contributed by atoms with Crippen LogP contribution in [0.1, 0.15) is 38.9 Å². The number of hydrogen-bond acceptors (Lipinski definition) is 1. The maximum atomic E-state index is 15.1. The zero-order valence-corrected chi connectivity index (χ0v) is 35.0. The first-order valence-electron chi connectivity index (χ1n) is 20.7. The molecule has 2 aromatic heterocycles. The molecule has 10 rings (SSSR count). The third-order valence-electron chi connectivity index (χ3n) is 12.4. The SMILES string of the molecule is Cc1ccc(-c2ccc3c(c2)c2ccccc2n3-c2cc(-c3c(C(F)(F)F)cccc3C(F)(F)F)cc(-n3c4ccccc4c4cc(-c5ccc(C)cc5C)ccc43)c2C#N)c(C)c1. The van der Waals surface area contributed by atoms with E-state index < -0.39 is 29.0 Å². The van der Waals surface area contributed by atoms with Gasteiger partial charge in [0.25, 0.3) is 0 Å². The van der Waals surface area contributed by atoms with Crippen molar-refractivity contribution in [3.05, 3.63) is 191 Å². The van der Waals surface area contributed by atoms with Gasteiger partial charge in [-0.1, -0.05) is 102 Å². The largest absolute Gasteiger partial charge is 0.417 e. The average molecular weight is 854 g/mol. The van der Waals surface area contributed by atoms with Crippen molar-refractivity contribution in [2.45, 2.75) is 40.0 Å². The van der Waals surface area contributed by atoms with Crippen LogP contribution in [0.3, 0.4) is 0 Å². The second kappa shape index (κ2) is 14.8. The fraction of sp³-hybridized carbons (Fsp3) is 0.109. The van der Waals surface area contributed by atoms with Crippen LogP contribution in [-0.2, 0) is 12.4 Å². The van der Waals surface area contributed by atoms with Gasteiger partial charge in [-0.2, -0.15) is 31.6 Å². The molecule has 314 valence electrons. The Morgan fingerprint density at radius 1 is 0.422 bits per heavy atom. The monoisotopic (exact) mass is 853 g/mol. The number of hydrogen-bond donors (Lipinski definition) is 0. The van der Waals surface area contributed by atoms with E-state index in [9.17, 15) is 5.26 Å². The quantitative estimate of drug-likeness (QED) is 0.159. The highest BCUT2D eigenvalue weighted by Gasteiger charge is 2.41. The molecule has 0 saturated carbocycles. The summed E-state index contributed by atoms with van der Waals surface area (Å²) in [7, 11) is 0. The van der Waals surface area contributed by atoms with Gasteiger partial charge < -0.3 is 9.13 Å². The van der Waals surface area contributed by atoms with E-state index in [1.54, 1.807) is 9.13 Å². The Labute approximate surface area is 364 Å². The fourth-order valence-electron chi connectivity index (χ4n) is 9.63. The Kier molecular flexibility index (Phi) is 9.35. The Balaban J connectivity index is 1.35. The third-order valence-corrected chi connectivity index (χ3v) is 12.4. The van der Waals surface area contributed by atoms with Gasteiger partial charge in [0.1, 0.15) is 11.6 Å². The van der Waals surface area contributed by atoms with Crippen LogP contribution in [0.2, 0.25) is 0 Å². The number of halogens is 6. The van der Waals surface area contributed by atoms with Crippen LogP contribution in [0.15, 0.2) is 152 Å². The van der Waals surface area contributed by atoms with Crippen LogP contribution in [-0.4, -0.2) is 9.13 Å². The maximum Gasteiger partial charge on any atom is 0.417 e. The molecule has 0 saturated heterocycles. The van der Waals surface area contributed by atoms with Crippen molar-refractivity contribution in [1.82, 2.24) is 9.13 Å². The normalized spacial score (nSPS) is 12.2. The van der Waals surface area contributed by atoms with Gasteiger partial charge in [0, 0.05) is 27.1 Å². The Morgan fingerprint density at radius 3 is 1.25 bits per heavy atom. The number of fused-ring (bicyclic) bond motifs is 6. The van der Waals surface area contributed by atoms with Crippen molar-refractivity contribution < 1.29 is 26.3 Å². The molecule has 2 heterocycles.